The summed E-state index contributed by atoms with van der Waals surface area (Å²) in [7, 11) is 0. The lowest BCUT2D eigenvalue weighted by Gasteiger charge is -2.47. The predicted octanol–water partition coefficient (Wildman–Crippen LogP) is 0.0324. The maximum atomic E-state index is 11.2. The van der Waals surface area contributed by atoms with Gasteiger partial charge in [-0.05, 0) is 25.7 Å². The Labute approximate surface area is 128 Å². The van der Waals surface area contributed by atoms with Gasteiger partial charge < -0.3 is 16.2 Å². The van der Waals surface area contributed by atoms with Gasteiger partial charge in [-0.25, -0.2) is 0 Å². The third kappa shape index (κ3) is 3.11. The molecule has 21 heavy (non-hydrogen) atoms. The van der Waals surface area contributed by atoms with Crippen LogP contribution in [-0.2, 0) is 10.4 Å². The summed E-state index contributed by atoms with van der Waals surface area (Å²) < 4.78 is 0. The highest BCUT2D eigenvalue weighted by Gasteiger charge is 2.40. The molecule has 4 N–H and O–H groups in total. The van der Waals surface area contributed by atoms with Gasteiger partial charge >= 0.3 is 0 Å². The van der Waals surface area contributed by atoms with Gasteiger partial charge in [-0.15, -0.1) is 11.3 Å². The van der Waals surface area contributed by atoms with E-state index in [9.17, 15) is 9.90 Å². The molecule has 2 fully saturated rings. The van der Waals surface area contributed by atoms with Crippen molar-refractivity contribution < 1.29 is 9.90 Å². The van der Waals surface area contributed by atoms with E-state index in [1.165, 1.54) is 11.3 Å². The molecule has 3 rings (SSSR count). The average molecular weight is 310 g/mol. The number of piperidine rings is 1. The maximum Gasteiger partial charge on any atom is 0.233 e. The van der Waals surface area contributed by atoms with Crippen LogP contribution in [0.5, 0.6) is 0 Å². The van der Waals surface area contributed by atoms with Crippen molar-refractivity contribution >= 4 is 17.2 Å². The second kappa shape index (κ2) is 6.00. The van der Waals surface area contributed by atoms with Crippen molar-refractivity contribution in [3.05, 3.63) is 16.6 Å². The first-order valence-corrected chi connectivity index (χ1v) is 8.33. The number of amides is 1. The van der Waals surface area contributed by atoms with E-state index >= 15 is 0 Å². The molecule has 7 heteroatoms. The Hall–Kier alpha value is -1.02. The van der Waals surface area contributed by atoms with E-state index < -0.39 is 5.60 Å². The first-order chi connectivity index (χ1) is 10.1. The monoisotopic (exact) mass is 310 g/mol. The summed E-state index contributed by atoms with van der Waals surface area (Å²) >= 11 is 1.53. The van der Waals surface area contributed by atoms with Crippen LogP contribution in [0.2, 0.25) is 0 Å². The Balaban J connectivity index is 1.46. The zero-order chi connectivity index (χ0) is 14.9. The van der Waals surface area contributed by atoms with E-state index in [4.69, 9.17) is 5.73 Å². The molecule has 0 atom stereocenters. The Kier molecular flexibility index (Phi) is 4.26. The molecule has 0 unspecified atom stereocenters. The molecule has 1 aromatic rings. The summed E-state index contributed by atoms with van der Waals surface area (Å²) in [5.74, 6) is -0.0725. The van der Waals surface area contributed by atoms with Gasteiger partial charge in [0.25, 0.3) is 0 Å². The van der Waals surface area contributed by atoms with Crippen LogP contribution in [-0.4, -0.2) is 52.6 Å². The molecule has 0 spiro atoms. The first-order valence-electron chi connectivity index (χ1n) is 7.45. The summed E-state index contributed by atoms with van der Waals surface area (Å²) in [5.41, 5.74) is 6.37. The van der Waals surface area contributed by atoms with Crippen molar-refractivity contribution in [1.82, 2.24) is 15.2 Å². The highest BCUT2D eigenvalue weighted by atomic mass is 32.1. The van der Waals surface area contributed by atoms with E-state index in [0.29, 0.717) is 6.04 Å². The molecule has 2 heterocycles. The normalized spacial score (nSPS) is 28.9. The summed E-state index contributed by atoms with van der Waals surface area (Å²) in [5, 5.41) is 13.6. The third-order valence-electron chi connectivity index (χ3n) is 4.70. The molecule has 1 aliphatic heterocycles. The standard InChI is InChI=1S/C14H22N4O2S/c15-7-13(19)17-10-5-11(6-10)18-3-1-14(20,2-4-18)12-8-16-9-21-12/h8-11,20H,1-7,15H2,(H,17,19). The van der Waals surface area contributed by atoms with Gasteiger partial charge in [0, 0.05) is 31.4 Å². The van der Waals surface area contributed by atoms with Crippen LogP contribution in [0.4, 0.5) is 0 Å². The number of thiazole rings is 1. The second-order valence-corrected chi connectivity index (χ2v) is 6.91. The van der Waals surface area contributed by atoms with Gasteiger partial charge in [0.2, 0.25) is 5.91 Å². The average Bonchev–Trinajstić information content (AvgIpc) is 2.98. The Bertz CT molecular complexity index is 479. The van der Waals surface area contributed by atoms with Crippen LogP contribution in [0.1, 0.15) is 30.6 Å². The Morgan fingerprint density at radius 1 is 1.52 bits per heavy atom. The molecule has 2 aliphatic rings. The minimum atomic E-state index is -0.700. The zero-order valence-corrected chi connectivity index (χ0v) is 12.8. The number of rotatable bonds is 4. The Morgan fingerprint density at radius 3 is 2.81 bits per heavy atom. The number of carbonyl (C=O) groups is 1. The van der Waals surface area contributed by atoms with Crippen LogP contribution in [0.15, 0.2) is 11.7 Å². The molecule has 1 aliphatic carbocycles. The molecule has 6 nitrogen and oxygen atoms in total. The van der Waals surface area contributed by atoms with E-state index in [-0.39, 0.29) is 18.5 Å². The van der Waals surface area contributed by atoms with Gasteiger partial charge in [-0.2, -0.15) is 0 Å². The summed E-state index contributed by atoms with van der Waals surface area (Å²) in [6.45, 7) is 1.86. The topological polar surface area (TPSA) is 91.5 Å². The lowest BCUT2D eigenvalue weighted by atomic mass is 9.82. The van der Waals surface area contributed by atoms with E-state index in [1.807, 2.05) is 0 Å². The quantitative estimate of drug-likeness (QED) is 0.730. The van der Waals surface area contributed by atoms with E-state index in [2.05, 4.69) is 15.2 Å². The van der Waals surface area contributed by atoms with Gasteiger partial charge in [-0.1, -0.05) is 0 Å². The van der Waals surface area contributed by atoms with Crippen LogP contribution < -0.4 is 11.1 Å². The number of hydrogen-bond acceptors (Lipinski definition) is 6. The molecule has 116 valence electrons. The fourth-order valence-electron chi connectivity index (χ4n) is 3.24. The smallest absolute Gasteiger partial charge is 0.233 e. The van der Waals surface area contributed by atoms with Crippen molar-refractivity contribution in [3.8, 4) is 0 Å². The van der Waals surface area contributed by atoms with E-state index in [0.717, 1.165) is 43.6 Å². The highest BCUT2D eigenvalue weighted by Crippen LogP contribution is 2.37. The molecule has 1 saturated heterocycles. The summed E-state index contributed by atoms with van der Waals surface area (Å²) in [6, 6.07) is 0.799. The molecule has 1 amide bonds. The molecular weight excluding hydrogens is 288 g/mol. The Morgan fingerprint density at radius 2 is 2.24 bits per heavy atom. The predicted molar refractivity (Wildman–Crippen MR) is 80.8 cm³/mol. The van der Waals surface area contributed by atoms with Crippen LogP contribution in [0.25, 0.3) is 0 Å². The molecule has 1 aromatic heterocycles. The van der Waals surface area contributed by atoms with Crippen molar-refractivity contribution in [3.63, 3.8) is 0 Å². The number of nitrogens with zero attached hydrogens (tertiary/aromatic N) is 2. The fourth-order valence-corrected chi connectivity index (χ4v) is 4.02. The van der Waals surface area contributed by atoms with Crippen molar-refractivity contribution in [2.75, 3.05) is 19.6 Å². The van der Waals surface area contributed by atoms with Gasteiger partial charge in [0.05, 0.1) is 16.9 Å². The van der Waals surface area contributed by atoms with Gasteiger partial charge in [0.15, 0.2) is 0 Å². The van der Waals surface area contributed by atoms with Crippen molar-refractivity contribution in [2.24, 2.45) is 5.73 Å². The maximum absolute atomic E-state index is 11.2. The van der Waals surface area contributed by atoms with Gasteiger partial charge in [-0.3, -0.25) is 14.7 Å². The SMILES string of the molecule is NCC(=O)NC1CC(N2CCC(O)(c3cncs3)CC2)C1. The fraction of sp³-hybridized carbons (Fsp3) is 0.714. The number of hydrogen-bond donors (Lipinski definition) is 3. The molecule has 0 bridgehead atoms. The third-order valence-corrected chi connectivity index (χ3v) is 5.66. The highest BCUT2D eigenvalue weighted by molar-refractivity contribution is 7.09. The lowest BCUT2D eigenvalue weighted by molar-refractivity contribution is -0.121. The number of nitrogens with two attached hydrogens (primary N) is 1. The largest absolute Gasteiger partial charge is 0.384 e. The minimum absolute atomic E-state index is 0.0623. The number of likely N-dealkylation sites (tertiary alicyclic amines) is 1. The lowest BCUT2D eigenvalue weighted by Crippen LogP contribution is -2.57. The second-order valence-electron chi connectivity index (χ2n) is 6.03. The molecular formula is C14H22N4O2S. The zero-order valence-electron chi connectivity index (χ0n) is 12.0. The van der Waals surface area contributed by atoms with Crippen LogP contribution >= 0.6 is 11.3 Å². The van der Waals surface area contributed by atoms with Crippen molar-refractivity contribution in [2.45, 2.75) is 43.4 Å². The van der Waals surface area contributed by atoms with Gasteiger partial charge in [0.1, 0.15) is 5.60 Å². The van der Waals surface area contributed by atoms with Crippen LogP contribution in [0, 0.1) is 0 Å². The molecule has 0 aromatic carbocycles. The minimum Gasteiger partial charge on any atom is -0.384 e. The number of aromatic nitrogens is 1. The summed E-state index contributed by atoms with van der Waals surface area (Å²) in [4.78, 5) is 18.7. The number of carbonyl (C=O) groups excluding carboxylic acids is 1. The van der Waals surface area contributed by atoms with Crippen LogP contribution in [0.3, 0.4) is 0 Å². The summed E-state index contributed by atoms with van der Waals surface area (Å²) in [6.07, 6.45) is 5.27. The van der Waals surface area contributed by atoms with Crippen molar-refractivity contribution in [1.29, 1.82) is 0 Å². The number of aliphatic hydroxyl groups is 1. The first kappa shape index (κ1) is 14.9. The van der Waals surface area contributed by atoms with E-state index in [1.54, 1.807) is 11.7 Å². The number of nitrogens with one attached hydrogen (secondary N) is 1. The molecule has 0 radical (unpaired) electrons. The molecule has 1 saturated carbocycles.